The lowest BCUT2D eigenvalue weighted by molar-refractivity contribution is -0.0597. The number of phosphoric ester groups is 1. The summed E-state index contributed by atoms with van der Waals surface area (Å²) in [6.45, 7) is -5.18. The third-order valence-electron chi connectivity index (χ3n) is 9.47. The summed E-state index contributed by atoms with van der Waals surface area (Å²) in [6.07, 6.45) is -6.81. The zero-order valence-electron chi connectivity index (χ0n) is 25.8. The highest BCUT2D eigenvalue weighted by Gasteiger charge is 2.51. The summed E-state index contributed by atoms with van der Waals surface area (Å²) in [6, 6.07) is 18.4. The van der Waals surface area contributed by atoms with E-state index in [1.165, 1.54) is 10.9 Å². The number of aliphatic hydroxyl groups is 1. The molecule has 0 radical (unpaired) electrons. The molecular weight excluding hydrogens is 712 g/mol. The number of ether oxygens (including phenoxy) is 2. The van der Waals surface area contributed by atoms with Crippen LogP contribution in [0.25, 0.3) is 43.5 Å². The Morgan fingerprint density at radius 1 is 0.920 bits per heavy atom. The van der Waals surface area contributed by atoms with Gasteiger partial charge >= 0.3 is 14.5 Å². The van der Waals surface area contributed by atoms with Gasteiger partial charge in [-0.15, -0.1) is 0 Å². The Balaban J connectivity index is 1.04. The number of nitrogens with one attached hydrogen (secondary N) is 1. The van der Waals surface area contributed by atoms with Crippen LogP contribution >= 0.6 is 14.5 Å². The number of phosphoric acid groups is 1. The molecule has 6 aromatic rings. The van der Waals surface area contributed by atoms with E-state index in [0.29, 0.717) is 0 Å². The van der Waals surface area contributed by atoms with Crippen LogP contribution < -0.4 is 11.3 Å². The van der Waals surface area contributed by atoms with Gasteiger partial charge in [0.15, 0.2) is 17.4 Å². The molecular formula is C31H29N5O11P2S. The molecule has 4 aromatic carbocycles. The fraction of sp³-hybridized carbons (Fsp3) is 0.323. The number of aromatic amines is 1. The van der Waals surface area contributed by atoms with Gasteiger partial charge in [-0.25, -0.2) is 9.55 Å². The van der Waals surface area contributed by atoms with Crippen molar-refractivity contribution < 1.29 is 47.0 Å². The number of nitrogens with zero attached hydrogens (tertiary/aromatic N) is 3. The Morgan fingerprint density at radius 2 is 1.64 bits per heavy atom. The maximum Gasteiger partial charge on any atom is 0.472 e. The maximum atomic E-state index is 13.4. The third kappa shape index (κ3) is 5.46. The lowest BCUT2D eigenvalue weighted by atomic mass is 9.90. The molecule has 3 saturated heterocycles. The predicted octanol–water partition coefficient (Wildman–Crippen LogP) is 3.52. The number of aromatic nitrogens is 4. The molecule has 6 N–H and O–H groups in total. The highest BCUT2D eigenvalue weighted by atomic mass is 32.5. The zero-order chi connectivity index (χ0) is 34.5. The van der Waals surface area contributed by atoms with Crippen LogP contribution in [0.15, 0.2) is 65.7 Å². The van der Waals surface area contributed by atoms with Crippen LogP contribution in [0.4, 0.5) is 5.95 Å². The number of H-pyrrole nitrogens is 1. The number of aliphatic hydroxyl groups excluding tert-OH is 1. The Morgan fingerprint density at radius 3 is 2.44 bits per heavy atom. The van der Waals surface area contributed by atoms with E-state index in [1.807, 2.05) is 24.3 Å². The summed E-state index contributed by atoms with van der Waals surface area (Å²) in [5.74, 6) is -0.206. The number of nitrogens with two attached hydrogens (primary N) is 1. The number of benzene rings is 4. The molecule has 6 unspecified atom stereocenters. The summed E-state index contributed by atoms with van der Waals surface area (Å²) in [7, 11) is -4.80. The second kappa shape index (κ2) is 11.8. The van der Waals surface area contributed by atoms with Gasteiger partial charge in [0.1, 0.15) is 30.5 Å². The highest BCUT2D eigenvalue weighted by Crippen LogP contribution is 2.54. The summed E-state index contributed by atoms with van der Waals surface area (Å²) in [5.41, 5.74) is 5.88. The van der Waals surface area contributed by atoms with Crippen LogP contribution in [-0.4, -0.2) is 78.1 Å². The van der Waals surface area contributed by atoms with Crippen LogP contribution in [0.2, 0.25) is 0 Å². The monoisotopic (exact) mass is 741 g/mol. The van der Waals surface area contributed by atoms with E-state index in [4.69, 9.17) is 45.1 Å². The average Bonchev–Trinajstić information content (AvgIpc) is 3.76. The van der Waals surface area contributed by atoms with Crippen molar-refractivity contribution in [3.63, 3.8) is 0 Å². The van der Waals surface area contributed by atoms with Crippen molar-refractivity contribution in [1.82, 2.24) is 19.5 Å². The minimum absolute atomic E-state index is 0.0110. The van der Waals surface area contributed by atoms with Gasteiger partial charge in [-0.1, -0.05) is 54.6 Å². The molecule has 9 rings (SSSR count). The molecule has 0 spiro atoms. The Kier molecular flexibility index (Phi) is 7.68. The average molecular weight is 742 g/mol. The van der Waals surface area contributed by atoms with Crippen LogP contribution in [0.1, 0.15) is 24.3 Å². The van der Waals surface area contributed by atoms with Crippen LogP contribution in [0.5, 0.6) is 0 Å². The smallest absolute Gasteiger partial charge is 0.387 e. The zero-order valence-corrected chi connectivity index (χ0v) is 28.4. The summed E-state index contributed by atoms with van der Waals surface area (Å²) >= 11 is 5.36. The second-order valence-electron chi connectivity index (χ2n) is 12.5. The van der Waals surface area contributed by atoms with Gasteiger partial charge in [0.05, 0.1) is 25.6 Å². The van der Waals surface area contributed by atoms with Crippen LogP contribution in [-0.2, 0) is 43.9 Å². The molecule has 2 aromatic heterocycles. The molecule has 260 valence electrons. The number of fused-ring (bicyclic) bond motifs is 4. The molecule has 3 aliphatic heterocycles. The molecule has 5 heterocycles. The van der Waals surface area contributed by atoms with Crippen molar-refractivity contribution in [2.75, 3.05) is 18.9 Å². The Labute approximate surface area is 286 Å². The number of imidazole rings is 1. The summed E-state index contributed by atoms with van der Waals surface area (Å²) < 4.78 is 49.6. The van der Waals surface area contributed by atoms with Crippen molar-refractivity contribution in [1.29, 1.82) is 0 Å². The fourth-order valence-corrected chi connectivity index (χ4v) is 9.63. The van der Waals surface area contributed by atoms with Gasteiger partial charge in [0.2, 0.25) is 5.95 Å². The Hall–Kier alpha value is -3.41. The maximum absolute atomic E-state index is 13.4. The third-order valence-corrected chi connectivity index (χ3v) is 12.0. The SMILES string of the molecule is Nc1nc2c(ncn2[C@@H]2O[C@@H]3COP(=O)(O)OC4CC(c5ccc6ccc7cccc8ccc5c6c78)O[C@@H]4COP(O)(=S)OC2C3O)c(=O)[nH]1. The summed E-state index contributed by atoms with van der Waals surface area (Å²) in [5, 5.41) is 17.7. The molecule has 3 aliphatic rings. The normalized spacial score (nSPS) is 33.9. The molecule has 0 amide bonds. The largest absolute Gasteiger partial charge is 0.472 e. The van der Waals surface area contributed by atoms with Gasteiger partial charge in [0, 0.05) is 6.42 Å². The predicted molar refractivity (Wildman–Crippen MR) is 183 cm³/mol. The van der Waals surface area contributed by atoms with Gasteiger partial charge in [-0.3, -0.25) is 27.9 Å². The lowest BCUT2D eigenvalue weighted by Crippen LogP contribution is -2.35. The van der Waals surface area contributed by atoms with Crippen molar-refractivity contribution in [3.05, 3.63) is 76.8 Å². The first-order chi connectivity index (χ1) is 23.9. The van der Waals surface area contributed by atoms with E-state index in [9.17, 15) is 24.3 Å². The molecule has 0 saturated carbocycles. The number of hydrogen-bond acceptors (Lipinski definition) is 13. The molecule has 2 bridgehead atoms. The lowest BCUT2D eigenvalue weighted by Gasteiger charge is -2.27. The Bertz CT molecular complexity index is 2450. The molecule has 0 aliphatic carbocycles. The van der Waals surface area contributed by atoms with E-state index in [-0.39, 0.29) is 30.1 Å². The molecule has 19 heteroatoms. The van der Waals surface area contributed by atoms with Crippen molar-refractivity contribution in [2.24, 2.45) is 0 Å². The van der Waals surface area contributed by atoms with E-state index >= 15 is 0 Å². The van der Waals surface area contributed by atoms with Gasteiger partial charge < -0.3 is 34.6 Å². The molecule has 9 atom stereocenters. The number of anilines is 1. The highest BCUT2D eigenvalue weighted by molar-refractivity contribution is 8.07. The number of nitrogen functional groups attached to an aromatic ring is 1. The van der Waals surface area contributed by atoms with Crippen molar-refractivity contribution in [3.8, 4) is 0 Å². The van der Waals surface area contributed by atoms with E-state index in [1.54, 1.807) is 0 Å². The van der Waals surface area contributed by atoms with Crippen LogP contribution in [0, 0.1) is 0 Å². The fourth-order valence-electron chi connectivity index (χ4n) is 7.26. The topological polar surface area (TPSA) is 223 Å². The van der Waals surface area contributed by atoms with Crippen molar-refractivity contribution in [2.45, 2.75) is 49.3 Å². The molecule has 50 heavy (non-hydrogen) atoms. The van der Waals surface area contributed by atoms with E-state index in [2.05, 4.69) is 45.3 Å². The molecule has 3 fully saturated rings. The minimum Gasteiger partial charge on any atom is -0.387 e. The number of hydrogen-bond donors (Lipinski definition) is 5. The first-order valence-corrected chi connectivity index (χ1v) is 19.7. The van der Waals surface area contributed by atoms with Crippen molar-refractivity contribution >= 4 is 75.8 Å². The first-order valence-electron chi connectivity index (χ1n) is 15.6. The quantitative estimate of drug-likeness (QED) is 0.127. The van der Waals surface area contributed by atoms with E-state index in [0.717, 1.165) is 37.9 Å². The van der Waals surface area contributed by atoms with Gasteiger partial charge in [-0.2, -0.15) is 4.98 Å². The summed E-state index contributed by atoms with van der Waals surface area (Å²) in [4.78, 5) is 45.0. The van der Waals surface area contributed by atoms with Crippen LogP contribution in [0.3, 0.4) is 0 Å². The first kappa shape index (κ1) is 32.5. The standard InChI is InChI=1S/C31H29N5O11P2S/c32-31-34-28-25(29(38)35-31)33-13-36(28)30-27-26(37)22(45-30)12-42-48(39,40)46-20-10-19(44-21(20)11-43-49(41,50)47-27)17-8-6-16-5-4-14-2-1-3-15-7-9-18(17)24(16)23(14)15/h1-9,13,19-22,26-27,30,37H,10-12H2,(H,39,40)(H,41,50)(H3,32,34,35,38)/t19?,20?,21-,22-,26?,27?,30-,49?/m1/s1. The molecule has 16 nitrogen and oxygen atoms in total. The minimum atomic E-state index is -4.80. The number of rotatable bonds is 2. The second-order valence-corrected chi connectivity index (χ2v) is 16.7. The van der Waals surface area contributed by atoms with E-state index < -0.39 is 69.6 Å². The van der Waals surface area contributed by atoms with Gasteiger partial charge in [0.25, 0.3) is 5.56 Å². The van der Waals surface area contributed by atoms with Gasteiger partial charge in [-0.05, 0) is 49.7 Å².